The number of Topliss-reactive ketones (excluding diaryl/α,β-unsaturated/α-hetero) is 1. The normalized spacial score (nSPS) is 11.1. The lowest BCUT2D eigenvalue weighted by Crippen LogP contribution is -2.01. The van der Waals surface area contributed by atoms with Gasteiger partial charge in [-0.1, -0.05) is 6.07 Å². The highest BCUT2D eigenvalue weighted by molar-refractivity contribution is 5.81. The van der Waals surface area contributed by atoms with Gasteiger partial charge in [0.25, 0.3) is 0 Å². The predicted octanol–water partition coefficient (Wildman–Crippen LogP) is 5.27. The van der Waals surface area contributed by atoms with Crippen LogP contribution in [0.2, 0.25) is 0 Å². The number of aryl methyl sites for hydroxylation is 3. The molecular weight excluding hydrogens is 452 g/mol. The fourth-order valence-corrected chi connectivity index (χ4v) is 4.20. The van der Waals surface area contributed by atoms with Gasteiger partial charge in [-0.15, -0.1) is 0 Å². The van der Waals surface area contributed by atoms with Gasteiger partial charge < -0.3 is 19.2 Å². The van der Waals surface area contributed by atoms with Crippen LogP contribution in [-0.2, 0) is 31.7 Å². The summed E-state index contributed by atoms with van der Waals surface area (Å²) in [5, 5.41) is 3.45. The number of carbonyl (C=O) groups is 1. The number of imidazole rings is 2. The molecule has 0 aliphatic rings. The molecule has 0 spiro atoms. The quantitative estimate of drug-likeness (QED) is 0.326. The molecule has 0 saturated carbocycles. The molecule has 0 saturated heterocycles. The van der Waals surface area contributed by atoms with Crippen LogP contribution in [0.1, 0.15) is 29.4 Å². The van der Waals surface area contributed by atoms with Crippen molar-refractivity contribution in [2.75, 3.05) is 5.32 Å². The van der Waals surface area contributed by atoms with Gasteiger partial charge in [-0.2, -0.15) is 0 Å². The number of hydrogen-bond donors (Lipinski definition) is 1. The fourth-order valence-electron chi connectivity index (χ4n) is 4.20. The van der Waals surface area contributed by atoms with E-state index in [1.165, 1.54) is 16.8 Å². The van der Waals surface area contributed by atoms with Crippen molar-refractivity contribution in [2.45, 2.75) is 26.7 Å². The van der Waals surface area contributed by atoms with Gasteiger partial charge >= 0.3 is 0 Å². The molecule has 0 aliphatic carbocycles. The van der Waals surface area contributed by atoms with Gasteiger partial charge in [0.05, 0.1) is 23.1 Å². The minimum absolute atomic E-state index is 0.0641. The molecule has 182 valence electrons. The zero-order valence-electron chi connectivity index (χ0n) is 20.8. The maximum absolute atomic E-state index is 11.4. The molecule has 0 amide bonds. The number of pyridine rings is 1. The van der Waals surface area contributed by atoms with Crippen molar-refractivity contribution >= 4 is 28.5 Å². The second-order valence-corrected chi connectivity index (χ2v) is 9.05. The van der Waals surface area contributed by atoms with E-state index in [1.54, 1.807) is 25.3 Å². The molecule has 0 radical (unpaired) electrons. The Balaban J connectivity index is 1.34. The molecule has 3 heterocycles. The van der Waals surface area contributed by atoms with Gasteiger partial charge in [-0.3, -0.25) is 9.78 Å². The topological polar surface area (TPSA) is 86.9 Å². The molecule has 8 heteroatoms. The third-order valence-electron chi connectivity index (χ3n) is 6.19. The summed E-state index contributed by atoms with van der Waals surface area (Å²) in [4.78, 5) is 24.6. The Labute approximate surface area is 209 Å². The highest BCUT2D eigenvalue weighted by atomic mass is 16.5. The Morgan fingerprint density at radius 2 is 1.89 bits per heavy atom. The summed E-state index contributed by atoms with van der Waals surface area (Å²) in [6.07, 6.45) is 6.51. The Hall–Kier alpha value is -4.46. The van der Waals surface area contributed by atoms with E-state index in [9.17, 15) is 4.79 Å². The maximum atomic E-state index is 11.4. The molecule has 0 atom stereocenters. The molecule has 2 aromatic carbocycles. The zero-order valence-corrected chi connectivity index (χ0v) is 20.8. The molecule has 0 bridgehead atoms. The van der Waals surface area contributed by atoms with Gasteiger partial charge in [0.2, 0.25) is 5.95 Å². The highest BCUT2D eigenvalue weighted by Crippen LogP contribution is 2.29. The molecule has 1 N–H and O–H groups in total. The number of anilines is 2. The number of ether oxygens (including phenoxy) is 1. The van der Waals surface area contributed by atoms with Crippen LogP contribution in [0.25, 0.3) is 11.0 Å². The summed E-state index contributed by atoms with van der Waals surface area (Å²) in [5.41, 5.74) is 7.12. The average Bonchev–Trinajstić information content (AvgIpc) is 3.38. The van der Waals surface area contributed by atoms with Crippen LogP contribution in [0.4, 0.5) is 11.6 Å². The first-order chi connectivity index (χ1) is 17.4. The van der Waals surface area contributed by atoms with Crippen molar-refractivity contribution in [1.29, 1.82) is 0 Å². The first-order valence-electron chi connectivity index (χ1n) is 11.8. The monoisotopic (exact) mass is 480 g/mol. The third-order valence-corrected chi connectivity index (χ3v) is 6.19. The Morgan fingerprint density at radius 3 is 2.64 bits per heavy atom. The van der Waals surface area contributed by atoms with E-state index in [2.05, 4.69) is 40.4 Å². The summed E-state index contributed by atoms with van der Waals surface area (Å²) in [5.74, 6) is 2.14. The summed E-state index contributed by atoms with van der Waals surface area (Å²) in [6, 6.07) is 15.7. The van der Waals surface area contributed by atoms with Crippen LogP contribution in [0.3, 0.4) is 0 Å². The summed E-state index contributed by atoms with van der Waals surface area (Å²) in [7, 11) is 3.99. The van der Waals surface area contributed by atoms with Crippen LogP contribution < -0.4 is 10.1 Å². The number of fused-ring (bicyclic) bond motifs is 1. The smallest absolute Gasteiger partial charge is 0.208 e. The van der Waals surface area contributed by atoms with Gasteiger partial charge in [0.1, 0.15) is 17.3 Å². The second-order valence-electron chi connectivity index (χ2n) is 9.05. The number of nitrogens with zero attached hydrogens (tertiary/aromatic N) is 5. The van der Waals surface area contributed by atoms with Crippen LogP contribution in [-0.4, -0.2) is 29.9 Å². The molecule has 36 heavy (non-hydrogen) atoms. The standard InChI is InChI=1S/C28H28N6O2/c1-18-11-21(6-5-20(18)13-23-16-29-17-33(23)3)31-28-32-26-8-7-24(15-27(26)34(28)4)36-25-9-10-30-22(14-25)12-19(2)35/h5-11,14-17H,12-13H2,1-4H3,(H,31,32). The first kappa shape index (κ1) is 23.3. The van der Waals surface area contributed by atoms with Crippen LogP contribution in [0.5, 0.6) is 11.5 Å². The minimum atomic E-state index is 0.0641. The van der Waals surface area contributed by atoms with Gasteiger partial charge in [-0.05, 0) is 55.3 Å². The molecular formula is C28H28N6O2. The lowest BCUT2D eigenvalue weighted by Gasteiger charge is -2.11. The molecule has 0 aliphatic heterocycles. The van der Waals surface area contributed by atoms with Crippen LogP contribution in [0.15, 0.2) is 67.3 Å². The van der Waals surface area contributed by atoms with Crippen molar-refractivity contribution in [3.05, 3.63) is 89.8 Å². The first-order valence-corrected chi connectivity index (χ1v) is 11.8. The molecule has 5 rings (SSSR count). The number of hydrogen-bond acceptors (Lipinski definition) is 6. The number of ketones is 1. The highest BCUT2D eigenvalue weighted by Gasteiger charge is 2.12. The van der Waals surface area contributed by atoms with Crippen LogP contribution in [0, 0.1) is 6.92 Å². The summed E-state index contributed by atoms with van der Waals surface area (Å²) >= 11 is 0. The number of benzene rings is 2. The molecule has 5 aromatic rings. The van der Waals surface area contributed by atoms with Gasteiger partial charge in [0, 0.05) is 62.8 Å². The number of nitrogens with one attached hydrogen (secondary N) is 1. The van der Waals surface area contributed by atoms with Crippen molar-refractivity contribution < 1.29 is 9.53 Å². The Bertz CT molecular complexity index is 1570. The molecule has 0 fully saturated rings. The van der Waals surface area contributed by atoms with Crippen molar-refractivity contribution in [1.82, 2.24) is 24.1 Å². The molecule has 8 nitrogen and oxygen atoms in total. The average molecular weight is 481 g/mol. The van der Waals surface area contributed by atoms with Crippen molar-refractivity contribution in [3.8, 4) is 11.5 Å². The summed E-state index contributed by atoms with van der Waals surface area (Å²) < 4.78 is 10.1. The van der Waals surface area contributed by atoms with Gasteiger partial charge in [-0.25, -0.2) is 9.97 Å². The lowest BCUT2D eigenvalue weighted by atomic mass is 10.0. The zero-order chi connectivity index (χ0) is 25.2. The van der Waals surface area contributed by atoms with Crippen molar-refractivity contribution in [2.24, 2.45) is 14.1 Å². The largest absolute Gasteiger partial charge is 0.457 e. The summed E-state index contributed by atoms with van der Waals surface area (Å²) in [6.45, 7) is 3.67. The molecule has 3 aromatic heterocycles. The van der Waals surface area contributed by atoms with Crippen molar-refractivity contribution in [3.63, 3.8) is 0 Å². The lowest BCUT2D eigenvalue weighted by molar-refractivity contribution is -0.116. The van der Waals surface area contributed by atoms with Crippen LogP contribution >= 0.6 is 0 Å². The Kier molecular flexibility index (Phi) is 6.25. The number of rotatable bonds is 8. The van der Waals surface area contributed by atoms with Gasteiger partial charge in [0.15, 0.2) is 0 Å². The minimum Gasteiger partial charge on any atom is -0.457 e. The van der Waals surface area contributed by atoms with E-state index in [-0.39, 0.29) is 12.2 Å². The third kappa shape index (κ3) is 4.98. The maximum Gasteiger partial charge on any atom is 0.208 e. The SMILES string of the molecule is CC(=O)Cc1cc(Oc2ccc3nc(Nc4ccc(Cc5cncn5C)c(C)c4)n(C)c3c2)ccn1. The van der Waals surface area contributed by atoms with E-state index >= 15 is 0 Å². The van der Waals surface area contributed by atoms with E-state index in [0.717, 1.165) is 29.1 Å². The fraction of sp³-hybridized carbons (Fsp3) is 0.214. The van der Waals surface area contributed by atoms with E-state index < -0.39 is 0 Å². The predicted molar refractivity (Wildman–Crippen MR) is 140 cm³/mol. The Morgan fingerprint density at radius 1 is 1.06 bits per heavy atom. The number of aromatic nitrogens is 5. The second kappa shape index (κ2) is 9.65. The van der Waals surface area contributed by atoms with E-state index in [4.69, 9.17) is 9.72 Å². The van der Waals surface area contributed by atoms with E-state index in [1.807, 2.05) is 54.0 Å². The molecule has 0 unspecified atom stereocenters. The van der Waals surface area contributed by atoms with E-state index in [0.29, 0.717) is 17.2 Å². The number of carbonyl (C=O) groups excluding carboxylic acids is 1.